The van der Waals surface area contributed by atoms with Crippen LogP contribution < -0.4 is 5.63 Å². The van der Waals surface area contributed by atoms with Crippen molar-refractivity contribution < 1.29 is 19.4 Å². The third-order valence-corrected chi connectivity index (χ3v) is 7.13. The number of halogens is 1. The van der Waals surface area contributed by atoms with Crippen molar-refractivity contribution in [1.29, 1.82) is 0 Å². The molecule has 0 aliphatic heterocycles. The second-order valence-corrected chi connectivity index (χ2v) is 9.62. The van der Waals surface area contributed by atoms with Crippen molar-refractivity contribution in [3.8, 4) is 5.75 Å². The van der Waals surface area contributed by atoms with Crippen LogP contribution in [-0.2, 0) is 30.5 Å². The van der Waals surface area contributed by atoms with Gasteiger partial charge in [0.1, 0.15) is 11.3 Å². The Bertz CT molecular complexity index is 1200. The first kappa shape index (κ1) is 25.2. The molecule has 0 amide bonds. The van der Waals surface area contributed by atoms with Gasteiger partial charge >= 0.3 is 11.6 Å². The van der Waals surface area contributed by atoms with Crippen molar-refractivity contribution in [1.82, 2.24) is 0 Å². The van der Waals surface area contributed by atoms with Crippen LogP contribution in [0.3, 0.4) is 0 Å². The van der Waals surface area contributed by atoms with Gasteiger partial charge in [-0.15, -0.1) is 11.8 Å². The molecular weight excluding hydrogens is 460 g/mol. The van der Waals surface area contributed by atoms with Crippen LogP contribution in [0.15, 0.2) is 44.4 Å². The summed E-state index contributed by atoms with van der Waals surface area (Å²) in [7, 11) is 0. The van der Waals surface area contributed by atoms with Gasteiger partial charge in [0, 0.05) is 21.4 Å². The zero-order valence-electron chi connectivity index (χ0n) is 18.9. The van der Waals surface area contributed by atoms with Crippen LogP contribution in [0.25, 0.3) is 11.0 Å². The molecule has 5 nitrogen and oxygen atoms in total. The number of aliphatic carboxylic acids is 1. The van der Waals surface area contributed by atoms with Gasteiger partial charge in [-0.3, -0.25) is 4.79 Å². The van der Waals surface area contributed by atoms with E-state index in [1.165, 1.54) is 0 Å². The van der Waals surface area contributed by atoms with Gasteiger partial charge in [0.2, 0.25) is 0 Å². The van der Waals surface area contributed by atoms with E-state index in [-0.39, 0.29) is 17.8 Å². The van der Waals surface area contributed by atoms with Crippen molar-refractivity contribution in [2.24, 2.45) is 0 Å². The van der Waals surface area contributed by atoms with Gasteiger partial charge in [-0.25, -0.2) is 4.79 Å². The summed E-state index contributed by atoms with van der Waals surface area (Å²) in [5.74, 6) is 0.0449. The summed E-state index contributed by atoms with van der Waals surface area (Å²) in [5.41, 5.74) is 3.28. The number of carboxylic acid groups (broad SMARTS) is 1. The predicted octanol–water partition coefficient (Wildman–Crippen LogP) is 6.41. The highest BCUT2D eigenvalue weighted by atomic mass is 35.5. The van der Waals surface area contributed by atoms with E-state index >= 15 is 0 Å². The average molecular weight is 489 g/mol. The number of aryl methyl sites for hydroxylation is 2. The zero-order valence-corrected chi connectivity index (χ0v) is 20.5. The molecular formula is C26H29ClO5S. The van der Waals surface area contributed by atoms with Gasteiger partial charge in [0.05, 0.1) is 11.4 Å². The number of hydrogen-bond donors (Lipinski definition) is 2. The van der Waals surface area contributed by atoms with Gasteiger partial charge in [-0.2, -0.15) is 0 Å². The Hall–Kier alpha value is -2.44. The first-order valence-electron chi connectivity index (χ1n) is 11.3. The number of rotatable bonds is 11. The smallest absolute Gasteiger partial charge is 0.339 e. The molecule has 1 heterocycles. The number of phenolic OH excluding ortho intramolecular Hbond substituents is 1. The van der Waals surface area contributed by atoms with E-state index in [0.29, 0.717) is 40.1 Å². The monoisotopic (exact) mass is 488 g/mol. The second kappa shape index (κ2) is 11.6. The Morgan fingerprint density at radius 3 is 2.42 bits per heavy atom. The number of benzene rings is 2. The van der Waals surface area contributed by atoms with E-state index in [9.17, 15) is 14.7 Å². The summed E-state index contributed by atoms with van der Waals surface area (Å²) in [4.78, 5) is 24.7. The molecule has 2 aromatic carbocycles. The molecule has 0 saturated carbocycles. The quantitative estimate of drug-likeness (QED) is 0.184. The topological polar surface area (TPSA) is 87.7 Å². The van der Waals surface area contributed by atoms with Crippen LogP contribution in [0.5, 0.6) is 5.75 Å². The fourth-order valence-corrected chi connectivity index (χ4v) is 5.31. The maximum absolute atomic E-state index is 12.9. The number of thioether (sulfide) groups is 1. The van der Waals surface area contributed by atoms with Crippen molar-refractivity contribution in [2.75, 3.05) is 5.75 Å². The molecule has 0 spiro atoms. The summed E-state index contributed by atoms with van der Waals surface area (Å²) in [6.07, 6.45) is 4.49. The van der Waals surface area contributed by atoms with Gasteiger partial charge in [-0.1, -0.05) is 44.4 Å². The van der Waals surface area contributed by atoms with Crippen LogP contribution in [0.2, 0.25) is 5.02 Å². The fraction of sp³-hybridized carbons (Fsp3) is 0.385. The largest absolute Gasteiger partial charge is 0.508 e. The molecule has 2 N–H and O–H groups in total. The van der Waals surface area contributed by atoms with Gasteiger partial charge in [0.25, 0.3) is 0 Å². The van der Waals surface area contributed by atoms with Crippen LogP contribution >= 0.6 is 23.4 Å². The summed E-state index contributed by atoms with van der Waals surface area (Å²) in [6.45, 7) is 4.12. The molecule has 0 aliphatic rings. The Kier molecular flexibility index (Phi) is 8.87. The summed E-state index contributed by atoms with van der Waals surface area (Å²) in [5, 5.41) is 20.7. The number of carbonyl (C=O) groups is 1. The number of aromatic hydroxyl groups is 1. The standard InChI is InChI=1S/C26H29ClO5S/c1-3-6-17-18-10-11-22(28)20(7-4-2)25(18)32-26(31)19(17)8-5-13-33-23-12-9-16(14-21(23)27)15-24(29)30/h9-12,14,28H,3-8,13,15H2,1-2H3,(H,29,30). The number of fused-ring (bicyclic) bond motifs is 1. The highest BCUT2D eigenvalue weighted by Crippen LogP contribution is 2.32. The van der Waals surface area contributed by atoms with Crippen molar-refractivity contribution in [3.63, 3.8) is 0 Å². The molecule has 0 radical (unpaired) electrons. The summed E-state index contributed by atoms with van der Waals surface area (Å²) < 4.78 is 5.73. The Morgan fingerprint density at radius 1 is 1.03 bits per heavy atom. The van der Waals surface area contributed by atoms with E-state index in [4.69, 9.17) is 21.1 Å². The van der Waals surface area contributed by atoms with Gasteiger partial charge in [0.15, 0.2) is 0 Å². The van der Waals surface area contributed by atoms with E-state index in [0.717, 1.165) is 47.3 Å². The maximum Gasteiger partial charge on any atom is 0.339 e. The minimum Gasteiger partial charge on any atom is -0.508 e. The highest BCUT2D eigenvalue weighted by Gasteiger charge is 2.18. The lowest BCUT2D eigenvalue weighted by molar-refractivity contribution is -0.136. The minimum absolute atomic E-state index is 0.0552. The molecule has 0 bridgehead atoms. The molecule has 3 aromatic rings. The first-order chi connectivity index (χ1) is 15.8. The highest BCUT2D eigenvalue weighted by molar-refractivity contribution is 7.99. The van der Waals surface area contributed by atoms with Crippen molar-refractivity contribution >= 4 is 40.3 Å². The number of hydrogen-bond acceptors (Lipinski definition) is 5. The fourth-order valence-electron chi connectivity index (χ4n) is 4.07. The van der Waals surface area contributed by atoms with Crippen LogP contribution in [0.4, 0.5) is 0 Å². The summed E-state index contributed by atoms with van der Waals surface area (Å²) >= 11 is 7.91. The molecule has 0 saturated heterocycles. The normalized spacial score (nSPS) is 11.2. The lowest BCUT2D eigenvalue weighted by Crippen LogP contribution is -2.13. The van der Waals surface area contributed by atoms with Crippen LogP contribution in [0, 0.1) is 0 Å². The predicted molar refractivity (Wildman–Crippen MR) is 134 cm³/mol. The maximum atomic E-state index is 12.9. The van der Waals surface area contributed by atoms with Gasteiger partial charge in [-0.05, 0) is 66.8 Å². The van der Waals surface area contributed by atoms with E-state index in [1.807, 2.05) is 19.1 Å². The van der Waals surface area contributed by atoms with Crippen LogP contribution in [-0.4, -0.2) is 21.9 Å². The van der Waals surface area contributed by atoms with Gasteiger partial charge < -0.3 is 14.6 Å². The Balaban J connectivity index is 1.78. The number of phenols is 1. The van der Waals surface area contributed by atoms with Crippen LogP contribution in [0.1, 0.15) is 55.4 Å². The Labute approximate surface area is 202 Å². The molecule has 0 aliphatic carbocycles. The molecule has 7 heteroatoms. The third-order valence-electron chi connectivity index (χ3n) is 5.55. The molecule has 0 unspecified atom stereocenters. The minimum atomic E-state index is -0.888. The summed E-state index contributed by atoms with van der Waals surface area (Å²) in [6, 6.07) is 8.87. The molecule has 176 valence electrons. The van der Waals surface area contributed by atoms with E-state index < -0.39 is 5.97 Å². The molecule has 0 fully saturated rings. The lowest BCUT2D eigenvalue weighted by atomic mass is 9.95. The first-order valence-corrected chi connectivity index (χ1v) is 12.6. The second-order valence-electron chi connectivity index (χ2n) is 8.07. The molecule has 3 rings (SSSR count). The van der Waals surface area contributed by atoms with Crippen molar-refractivity contribution in [2.45, 2.75) is 63.7 Å². The van der Waals surface area contributed by atoms with Crippen molar-refractivity contribution in [3.05, 3.63) is 68.0 Å². The zero-order chi connectivity index (χ0) is 24.0. The SMILES string of the molecule is CCCc1c(CCCSc2ccc(CC(=O)O)cc2Cl)c(=O)oc2c(CCC)c(O)ccc12. The molecule has 1 aromatic heterocycles. The third kappa shape index (κ3) is 6.12. The number of carboxylic acids is 1. The van der Waals surface area contributed by atoms with E-state index in [2.05, 4.69) is 6.92 Å². The Morgan fingerprint density at radius 2 is 1.76 bits per heavy atom. The van der Waals surface area contributed by atoms with E-state index in [1.54, 1.807) is 30.0 Å². The lowest BCUT2D eigenvalue weighted by Gasteiger charge is -2.14. The average Bonchev–Trinajstić information content (AvgIpc) is 2.76. The molecule has 33 heavy (non-hydrogen) atoms. The molecule has 0 atom stereocenters.